The fraction of sp³-hybridized carbons (Fsp3) is 0.655. The Morgan fingerprint density at radius 1 is 0.946 bits per heavy atom. The second-order valence-corrected chi connectivity index (χ2v) is 10.9. The second-order valence-electron chi connectivity index (χ2n) is 10.9. The number of piperidine rings is 1. The van der Waals surface area contributed by atoms with Gasteiger partial charge in [0.05, 0.1) is 24.1 Å². The van der Waals surface area contributed by atoms with Crippen LogP contribution in [0, 0.1) is 0 Å². The van der Waals surface area contributed by atoms with Gasteiger partial charge in [0, 0.05) is 30.7 Å². The van der Waals surface area contributed by atoms with Gasteiger partial charge in [-0.25, -0.2) is 4.98 Å². The van der Waals surface area contributed by atoms with Crippen molar-refractivity contribution in [1.29, 1.82) is 0 Å². The number of esters is 1. The number of amides is 1. The lowest BCUT2D eigenvalue weighted by Crippen LogP contribution is -2.50. The van der Waals surface area contributed by atoms with E-state index in [4.69, 9.17) is 4.74 Å². The summed E-state index contributed by atoms with van der Waals surface area (Å²) in [6.07, 6.45) is 13.6. The molecular weight excluding hydrogens is 468 g/mol. The molecule has 3 heterocycles. The average Bonchev–Trinajstić information content (AvgIpc) is 3.12. The summed E-state index contributed by atoms with van der Waals surface area (Å²) < 4.78 is 6.78. The van der Waals surface area contributed by atoms with Crippen LogP contribution in [0.2, 0.25) is 0 Å². The lowest BCUT2D eigenvalue weighted by molar-refractivity contribution is -0.142. The monoisotopic (exact) mass is 508 g/mol. The van der Waals surface area contributed by atoms with E-state index in [2.05, 4.69) is 15.2 Å². The fourth-order valence-corrected chi connectivity index (χ4v) is 6.98. The zero-order chi connectivity index (χ0) is 25.8. The largest absolute Gasteiger partial charge is 0.466 e. The smallest absolute Gasteiger partial charge is 0.307 e. The van der Waals surface area contributed by atoms with Crippen molar-refractivity contribution in [1.82, 2.24) is 19.8 Å². The molecule has 5 rings (SSSR count). The van der Waals surface area contributed by atoms with E-state index in [9.17, 15) is 14.4 Å². The number of fused-ring (bicyclic) bond motifs is 3. The van der Waals surface area contributed by atoms with Gasteiger partial charge in [0.25, 0.3) is 11.5 Å². The highest BCUT2D eigenvalue weighted by atomic mass is 16.5. The summed E-state index contributed by atoms with van der Waals surface area (Å²) in [7, 11) is 0. The number of rotatable bonds is 7. The van der Waals surface area contributed by atoms with E-state index in [1.165, 1.54) is 57.8 Å². The number of para-hydroxylation sites is 2. The second kappa shape index (κ2) is 11.8. The van der Waals surface area contributed by atoms with E-state index >= 15 is 0 Å². The maximum atomic E-state index is 13.8. The van der Waals surface area contributed by atoms with Gasteiger partial charge in [-0.2, -0.15) is 0 Å². The van der Waals surface area contributed by atoms with Crippen molar-refractivity contribution in [3.05, 3.63) is 40.3 Å². The highest BCUT2D eigenvalue weighted by Gasteiger charge is 2.44. The molecule has 2 saturated heterocycles. The molecule has 37 heavy (non-hydrogen) atoms. The number of hydrogen-bond acceptors (Lipinski definition) is 6. The number of ether oxygens (including phenoxy) is 1. The van der Waals surface area contributed by atoms with Crippen molar-refractivity contribution in [2.75, 3.05) is 13.2 Å². The Hall–Kier alpha value is -2.74. The number of nitrogens with one attached hydrogen (secondary N) is 1. The van der Waals surface area contributed by atoms with Gasteiger partial charge in [-0.3, -0.25) is 19.3 Å². The minimum atomic E-state index is -0.538. The lowest BCUT2D eigenvalue weighted by Gasteiger charge is -2.45. The molecule has 2 aromatic rings. The minimum absolute atomic E-state index is 0.0498. The number of nitrogens with zero attached hydrogens (tertiary/aromatic N) is 3. The first kappa shape index (κ1) is 25.9. The highest BCUT2D eigenvalue weighted by molar-refractivity contribution is 5.94. The molecule has 8 heteroatoms. The van der Waals surface area contributed by atoms with Crippen molar-refractivity contribution >= 4 is 22.9 Å². The van der Waals surface area contributed by atoms with Crippen molar-refractivity contribution in [3.8, 4) is 0 Å². The van der Waals surface area contributed by atoms with Crippen LogP contribution in [0.25, 0.3) is 11.0 Å². The third-order valence-corrected chi connectivity index (χ3v) is 8.56. The van der Waals surface area contributed by atoms with Gasteiger partial charge in [-0.1, -0.05) is 44.2 Å². The van der Waals surface area contributed by atoms with Crippen LogP contribution in [0.5, 0.6) is 0 Å². The Morgan fingerprint density at radius 3 is 2.32 bits per heavy atom. The molecule has 1 aromatic carbocycles. The fourth-order valence-electron chi connectivity index (χ4n) is 6.98. The first-order valence-electron chi connectivity index (χ1n) is 14.3. The average molecular weight is 509 g/mol. The van der Waals surface area contributed by atoms with Crippen LogP contribution in [-0.2, 0) is 9.53 Å². The predicted molar refractivity (Wildman–Crippen MR) is 143 cm³/mol. The molecule has 0 unspecified atom stereocenters. The third-order valence-electron chi connectivity index (χ3n) is 8.56. The molecule has 8 nitrogen and oxygen atoms in total. The molecule has 3 aliphatic rings. The molecule has 0 radical (unpaired) electrons. The summed E-state index contributed by atoms with van der Waals surface area (Å²) in [5, 5.41) is 2.69. The molecule has 1 aromatic heterocycles. The number of hydrogen-bond donors (Lipinski definition) is 1. The number of carbonyl (C=O) groups is 2. The van der Waals surface area contributed by atoms with Gasteiger partial charge in [0.2, 0.25) is 0 Å². The molecule has 0 spiro atoms. The predicted octanol–water partition coefficient (Wildman–Crippen LogP) is 4.36. The first-order chi connectivity index (χ1) is 18.1. The molecule has 3 atom stereocenters. The Kier molecular flexibility index (Phi) is 8.23. The molecular formula is C29H40N4O4. The summed E-state index contributed by atoms with van der Waals surface area (Å²) in [5.41, 5.74) is 1.00. The quantitative estimate of drug-likeness (QED) is 0.559. The van der Waals surface area contributed by atoms with Gasteiger partial charge in [-0.15, -0.1) is 0 Å². The van der Waals surface area contributed by atoms with Crippen LogP contribution >= 0.6 is 0 Å². The molecule has 1 saturated carbocycles. The topological polar surface area (TPSA) is 93.5 Å². The van der Waals surface area contributed by atoms with Crippen LogP contribution in [0.4, 0.5) is 0 Å². The minimum Gasteiger partial charge on any atom is -0.466 e. The molecule has 3 fully saturated rings. The van der Waals surface area contributed by atoms with Crippen LogP contribution < -0.4 is 10.9 Å². The van der Waals surface area contributed by atoms with E-state index in [1.807, 2.05) is 28.8 Å². The van der Waals surface area contributed by atoms with Crippen molar-refractivity contribution < 1.29 is 14.3 Å². The summed E-state index contributed by atoms with van der Waals surface area (Å²) in [5.74, 6) is -0.915. The summed E-state index contributed by atoms with van der Waals surface area (Å²) in [4.78, 5) is 45.7. The zero-order valence-corrected chi connectivity index (χ0v) is 22.0. The molecule has 2 aliphatic heterocycles. The van der Waals surface area contributed by atoms with Crippen LogP contribution in [0.3, 0.4) is 0 Å². The van der Waals surface area contributed by atoms with Crippen LogP contribution in [0.15, 0.2) is 29.1 Å². The summed E-state index contributed by atoms with van der Waals surface area (Å²) in [6, 6.07) is 9.32. The van der Waals surface area contributed by atoms with Crippen molar-refractivity contribution in [2.45, 2.75) is 108 Å². The molecule has 200 valence electrons. The van der Waals surface area contributed by atoms with E-state index in [-0.39, 0.29) is 36.2 Å². The Bertz CT molecular complexity index is 1160. The number of aromatic nitrogens is 2. The number of benzene rings is 1. The van der Waals surface area contributed by atoms with E-state index in [1.54, 1.807) is 6.92 Å². The lowest BCUT2D eigenvalue weighted by atomic mass is 9.89. The molecule has 1 N–H and O–H groups in total. The SMILES string of the molecule is CCOC(=O)CCNC(=O)c1nc2ccccc2n([C@H]2C[C@H]3CC[C@@H](C2)N3C2CCCCCCC2)c1=O. The molecule has 1 aliphatic carbocycles. The first-order valence-corrected chi connectivity index (χ1v) is 14.3. The molecule has 1 amide bonds. The Balaban J connectivity index is 1.38. The van der Waals surface area contributed by atoms with Gasteiger partial charge in [-0.05, 0) is 57.6 Å². The standard InChI is InChI=1S/C29H40N4O4/c1-2-37-26(34)16-17-30-28(35)27-29(36)33(25-13-9-8-12-24(25)31-27)23-18-21-14-15-22(19-23)32(21)20-10-6-4-3-5-7-11-20/h8-9,12-13,20-23H,2-7,10-11,14-19H2,1H3,(H,30,35)/t21-,22+,23+. The van der Waals surface area contributed by atoms with E-state index in [0.29, 0.717) is 30.2 Å². The Morgan fingerprint density at radius 2 is 1.62 bits per heavy atom. The summed E-state index contributed by atoms with van der Waals surface area (Å²) >= 11 is 0. The van der Waals surface area contributed by atoms with E-state index < -0.39 is 5.91 Å². The maximum absolute atomic E-state index is 13.8. The van der Waals surface area contributed by atoms with Crippen molar-refractivity contribution in [2.24, 2.45) is 0 Å². The third kappa shape index (κ3) is 5.59. The maximum Gasteiger partial charge on any atom is 0.307 e. The van der Waals surface area contributed by atoms with Gasteiger partial charge >= 0.3 is 5.97 Å². The highest BCUT2D eigenvalue weighted by Crippen LogP contribution is 2.44. The Labute approximate surface area is 218 Å². The zero-order valence-electron chi connectivity index (χ0n) is 22.0. The van der Waals surface area contributed by atoms with Crippen LogP contribution in [-0.4, -0.2) is 57.6 Å². The van der Waals surface area contributed by atoms with Gasteiger partial charge in [0.1, 0.15) is 0 Å². The summed E-state index contributed by atoms with van der Waals surface area (Å²) in [6.45, 7) is 2.15. The van der Waals surface area contributed by atoms with Crippen molar-refractivity contribution in [3.63, 3.8) is 0 Å². The van der Waals surface area contributed by atoms with Gasteiger partial charge < -0.3 is 14.6 Å². The van der Waals surface area contributed by atoms with Gasteiger partial charge in [0.15, 0.2) is 5.69 Å². The normalized spacial score (nSPS) is 24.9. The molecule has 2 bridgehead atoms. The number of carbonyl (C=O) groups excluding carboxylic acids is 2. The van der Waals surface area contributed by atoms with E-state index in [0.717, 1.165) is 18.4 Å². The van der Waals surface area contributed by atoms with Crippen LogP contribution in [0.1, 0.15) is 101 Å².